The van der Waals surface area contributed by atoms with Crippen LogP contribution in [0.25, 0.3) is 0 Å². The first-order valence-electron chi connectivity index (χ1n) is 3.59. The molecular formula is C7H8FI. The van der Waals surface area contributed by atoms with Crippen LogP contribution in [-0.2, 0) is 0 Å². The van der Waals surface area contributed by atoms with Crippen molar-refractivity contribution in [3.05, 3.63) is 0 Å². The van der Waals surface area contributed by atoms with E-state index in [0.29, 0.717) is 15.8 Å². The third-order valence-electron chi connectivity index (χ3n) is 3.39. The predicted molar refractivity (Wildman–Crippen MR) is 41.3 cm³/mol. The van der Waals surface area contributed by atoms with Gasteiger partial charge in [-0.2, -0.15) is 0 Å². The van der Waals surface area contributed by atoms with Crippen LogP contribution in [0.5, 0.6) is 0 Å². The van der Waals surface area contributed by atoms with Crippen LogP contribution in [-0.4, -0.2) is 10.1 Å². The van der Waals surface area contributed by atoms with Crippen molar-refractivity contribution in [3.8, 4) is 0 Å². The molecule has 0 heterocycles. The highest BCUT2D eigenvalue weighted by Crippen LogP contribution is 2.73. The number of alkyl halides is 2. The van der Waals surface area contributed by atoms with Crippen LogP contribution in [0.4, 0.5) is 4.39 Å². The van der Waals surface area contributed by atoms with Crippen molar-refractivity contribution < 1.29 is 4.39 Å². The second-order valence-electron chi connectivity index (χ2n) is 3.61. The Bertz CT molecular complexity index is 150. The van der Waals surface area contributed by atoms with Gasteiger partial charge in [-0.15, -0.1) is 0 Å². The summed E-state index contributed by atoms with van der Waals surface area (Å²) >= 11 is 2.44. The molecule has 0 aromatic rings. The Morgan fingerprint density at radius 1 is 1.22 bits per heavy atom. The average Bonchev–Trinajstić information content (AvgIpc) is 2.18. The minimum Gasteiger partial charge on any atom is -0.247 e. The number of hydrogen-bond donors (Lipinski definition) is 0. The molecule has 0 N–H and O–H groups in total. The lowest BCUT2D eigenvalue weighted by atomic mass is 10.1. The van der Waals surface area contributed by atoms with Crippen LogP contribution < -0.4 is 0 Å². The van der Waals surface area contributed by atoms with E-state index in [4.69, 9.17) is 0 Å². The Balaban J connectivity index is 2.07. The molecule has 0 aromatic carbocycles. The summed E-state index contributed by atoms with van der Waals surface area (Å²) in [6, 6.07) is 0. The van der Waals surface area contributed by atoms with Crippen LogP contribution in [0.1, 0.15) is 6.42 Å². The molecule has 2 unspecified atom stereocenters. The van der Waals surface area contributed by atoms with Crippen molar-refractivity contribution in [3.63, 3.8) is 0 Å². The Morgan fingerprint density at radius 2 is 2.00 bits per heavy atom. The third kappa shape index (κ3) is 0.409. The molecule has 0 radical (unpaired) electrons. The average molecular weight is 238 g/mol. The van der Waals surface area contributed by atoms with Gasteiger partial charge in [0.25, 0.3) is 0 Å². The van der Waals surface area contributed by atoms with Crippen molar-refractivity contribution in [2.45, 2.75) is 16.5 Å². The second-order valence-corrected chi connectivity index (χ2v) is 5.05. The summed E-state index contributed by atoms with van der Waals surface area (Å²) in [5.74, 6) is 2.62. The van der Waals surface area contributed by atoms with Gasteiger partial charge >= 0.3 is 0 Å². The molecule has 9 heavy (non-hydrogen) atoms. The lowest BCUT2D eigenvalue weighted by Crippen LogP contribution is -2.10. The van der Waals surface area contributed by atoms with E-state index >= 15 is 0 Å². The fourth-order valence-electron chi connectivity index (χ4n) is 2.96. The maximum absolute atomic E-state index is 13.0. The van der Waals surface area contributed by atoms with Crippen LogP contribution >= 0.6 is 22.6 Å². The molecule has 0 aliphatic heterocycles. The summed E-state index contributed by atoms with van der Waals surface area (Å²) in [7, 11) is 0. The Kier molecular flexibility index (Phi) is 0.778. The largest absolute Gasteiger partial charge is 0.247 e. The first-order valence-corrected chi connectivity index (χ1v) is 4.83. The van der Waals surface area contributed by atoms with Crippen molar-refractivity contribution in [2.24, 2.45) is 23.7 Å². The van der Waals surface area contributed by atoms with Gasteiger partial charge < -0.3 is 0 Å². The molecule has 0 amide bonds. The zero-order chi connectivity index (χ0) is 6.17. The van der Waals surface area contributed by atoms with Gasteiger partial charge in [0, 0.05) is 9.84 Å². The lowest BCUT2D eigenvalue weighted by Gasteiger charge is -2.06. The summed E-state index contributed by atoms with van der Waals surface area (Å²) < 4.78 is 13.7. The van der Waals surface area contributed by atoms with Crippen molar-refractivity contribution >= 4 is 22.6 Å². The number of halogens is 2. The highest BCUT2D eigenvalue weighted by molar-refractivity contribution is 14.1. The molecule has 4 fully saturated rings. The van der Waals surface area contributed by atoms with E-state index in [1.807, 2.05) is 0 Å². The van der Waals surface area contributed by atoms with Crippen LogP contribution in [0.15, 0.2) is 0 Å². The van der Waals surface area contributed by atoms with E-state index in [0.717, 1.165) is 11.8 Å². The molecule has 0 aromatic heterocycles. The van der Waals surface area contributed by atoms with E-state index < -0.39 is 6.17 Å². The van der Waals surface area contributed by atoms with Gasteiger partial charge in [-0.05, 0) is 24.2 Å². The minimum atomic E-state index is -0.401. The van der Waals surface area contributed by atoms with Gasteiger partial charge in [-0.1, -0.05) is 22.6 Å². The third-order valence-corrected chi connectivity index (χ3v) is 5.14. The molecule has 4 aliphatic rings. The monoisotopic (exact) mass is 238 g/mol. The van der Waals surface area contributed by atoms with E-state index in [-0.39, 0.29) is 0 Å². The minimum absolute atomic E-state index is 0.401. The summed E-state index contributed by atoms with van der Waals surface area (Å²) in [6.45, 7) is 0. The van der Waals surface area contributed by atoms with Gasteiger partial charge in [0.2, 0.25) is 0 Å². The van der Waals surface area contributed by atoms with Gasteiger partial charge in [0.1, 0.15) is 6.17 Å². The molecule has 4 aliphatic carbocycles. The normalized spacial score (nSPS) is 75.3. The van der Waals surface area contributed by atoms with E-state index in [9.17, 15) is 4.39 Å². The second kappa shape index (κ2) is 1.31. The SMILES string of the molecule is F[C@@H]1C2C3[C@H]2C[C@H]1[C@@H]3I. The molecule has 0 spiro atoms. The molecule has 2 heteroatoms. The van der Waals surface area contributed by atoms with E-state index in [1.54, 1.807) is 0 Å². The topological polar surface area (TPSA) is 0 Å². The molecule has 0 nitrogen and oxygen atoms in total. The Hall–Kier alpha value is 0.660. The predicted octanol–water partition coefficient (Wildman–Crippen LogP) is 2.02. The fourth-order valence-corrected chi connectivity index (χ4v) is 4.66. The van der Waals surface area contributed by atoms with Gasteiger partial charge in [0.15, 0.2) is 0 Å². The first kappa shape index (κ1) is 5.33. The molecule has 50 valence electrons. The number of rotatable bonds is 0. The highest BCUT2D eigenvalue weighted by Gasteiger charge is 2.73. The summed E-state index contributed by atoms with van der Waals surface area (Å²) in [6.07, 6.45) is 0.811. The fraction of sp³-hybridized carbons (Fsp3) is 1.00. The standard InChI is InChI=1S/C7H8FI/c8-6-3-1-2-4(6)5(2)7(3)9/h2-7H,1H2/t2-,3+,4?,5?,6-,7-/m0/s1. The van der Waals surface area contributed by atoms with Gasteiger partial charge in [-0.25, -0.2) is 4.39 Å². The Morgan fingerprint density at radius 3 is 2.11 bits per heavy atom. The Labute approximate surface area is 67.3 Å². The van der Waals surface area contributed by atoms with Crippen molar-refractivity contribution in [1.29, 1.82) is 0 Å². The summed E-state index contributed by atoms with van der Waals surface area (Å²) in [5, 5.41) is 0. The van der Waals surface area contributed by atoms with Crippen molar-refractivity contribution in [2.75, 3.05) is 0 Å². The first-order chi connectivity index (χ1) is 4.30. The van der Waals surface area contributed by atoms with Crippen LogP contribution in [0.2, 0.25) is 0 Å². The maximum atomic E-state index is 13.0. The summed E-state index contributed by atoms with van der Waals surface area (Å²) in [5.41, 5.74) is 0. The van der Waals surface area contributed by atoms with Gasteiger partial charge in [-0.3, -0.25) is 0 Å². The molecule has 4 rings (SSSR count). The lowest BCUT2D eigenvalue weighted by molar-refractivity contribution is 0.274. The zero-order valence-corrected chi connectivity index (χ0v) is 7.08. The quantitative estimate of drug-likeness (QED) is 0.447. The van der Waals surface area contributed by atoms with Gasteiger partial charge in [0.05, 0.1) is 0 Å². The van der Waals surface area contributed by atoms with Crippen LogP contribution in [0, 0.1) is 23.7 Å². The maximum Gasteiger partial charge on any atom is 0.107 e. The molecule has 0 saturated heterocycles. The number of hydrogen-bond acceptors (Lipinski definition) is 0. The zero-order valence-electron chi connectivity index (χ0n) is 4.93. The molecule has 4 bridgehead atoms. The molecular weight excluding hydrogens is 230 g/mol. The summed E-state index contributed by atoms with van der Waals surface area (Å²) in [4.78, 5) is 0. The van der Waals surface area contributed by atoms with Crippen molar-refractivity contribution in [1.82, 2.24) is 0 Å². The highest BCUT2D eigenvalue weighted by atomic mass is 127. The van der Waals surface area contributed by atoms with E-state index in [1.165, 1.54) is 6.42 Å². The van der Waals surface area contributed by atoms with Crippen LogP contribution in [0.3, 0.4) is 0 Å². The molecule has 6 atom stereocenters. The molecule has 4 saturated carbocycles. The smallest absolute Gasteiger partial charge is 0.107 e. The van der Waals surface area contributed by atoms with E-state index in [2.05, 4.69) is 22.6 Å².